The van der Waals surface area contributed by atoms with E-state index in [9.17, 15) is 14.7 Å². The molecule has 0 unspecified atom stereocenters. The van der Waals surface area contributed by atoms with Gasteiger partial charge < -0.3 is 16.2 Å². The first-order chi connectivity index (χ1) is 13.8. The molecule has 7 nitrogen and oxygen atoms in total. The third kappa shape index (κ3) is 4.47. The van der Waals surface area contributed by atoms with Gasteiger partial charge in [-0.3, -0.25) is 14.6 Å². The van der Waals surface area contributed by atoms with Crippen molar-refractivity contribution in [1.29, 1.82) is 0 Å². The van der Waals surface area contributed by atoms with Crippen molar-refractivity contribution in [3.05, 3.63) is 83.2 Å². The predicted molar refractivity (Wildman–Crippen MR) is 112 cm³/mol. The number of carbonyl (C=O) groups is 2. The van der Waals surface area contributed by atoms with E-state index >= 15 is 0 Å². The number of hydrogen-bond acceptors (Lipinski definition) is 6. The highest BCUT2D eigenvalue weighted by atomic mass is 16.3. The molecule has 1 fully saturated rings. The largest absolute Gasteiger partial charge is 0.508 e. The van der Waals surface area contributed by atoms with Crippen LogP contribution in [0.5, 0.6) is 5.75 Å². The third-order valence-corrected chi connectivity index (χ3v) is 4.74. The number of nitrogens with two attached hydrogens (primary N) is 2. The Morgan fingerprint density at radius 1 is 1.21 bits per heavy atom. The summed E-state index contributed by atoms with van der Waals surface area (Å²) in [6, 6.07) is 11.3. The number of phenols is 1. The Hall–Kier alpha value is -3.58. The maximum absolute atomic E-state index is 12.8. The van der Waals surface area contributed by atoms with Crippen molar-refractivity contribution in [2.75, 3.05) is 5.01 Å². The fourth-order valence-corrected chi connectivity index (χ4v) is 2.88. The van der Waals surface area contributed by atoms with Gasteiger partial charge in [0, 0.05) is 17.2 Å². The number of carbonyl (C=O) groups excluding carboxylic acids is 2. The van der Waals surface area contributed by atoms with Crippen LogP contribution in [-0.2, 0) is 0 Å². The molecule has 0 bridgehead atoms. The molecule has 2 aromatic carbocycles. The first-order valence-electron chi connectivity index (χ1n) is 9.24. The van der Waals surface area contributed by atoms with E-state index in [1.165, 1.54) is 23.2 Å². The van der Waals surface area contributed by atoms with Crippen LogP contribution in [0.1, 0.15) is 39.1 Å². The Kier molecular flexibility index (Phi) is 5.70. The lowest BCUT2D eigenvalue weighted by atomic mass is 10.0. The maximum atomic E-state index is 12.8. The highest BCUT2D eigenvalue weighted by molar-refractivity contribution is 6.11. The van der Waals surface area contributed by atoms with Crippen LogP contribution in [0.2, 0.25) is 0 Å². The molecule has 1 saturated carbocycles. The second-order valence-corrected chi connectivity index (χ2v) is 7.00. The molecule has 7 heteroatoms. The number of ketones is 1. The quantitative estimate of drug-likeness (QED) is 0.189. The zero-order chi connectivity index (χ0) is 21.1. The van der Waals surface area contributed by atoms with Crippen molar-refractivity contribution < 1.29 is 14.7 Å². The van der Waals surface area contributed by atoms with Crippen LogP contribution < -0.4 is 21.9 Å². The molecular formula is C22H24N4O3. The van der Waals surface area contributed by atoms with Crippen molar-refractivity contribution in [2.24, 2.45) is 11.6 Å². The number of nitrogens with zero attached hydrogens (tertiary/aromatic N) is 1. The van der Waals surface area contributed by atoms with Gasteiger partial charge in [-0.05, 0) is 49.6 Å². The number of allylic oxidation sites excluding steroid dienone is 2. The lowest BCUT2D eigenvalue weighted by molar-refractivity contribution is 0.0950. The third-order valence-electron chi connectivity index (χ3n) is 4.74. The monoisotopic (exact) mass is 392 g/mol. The van der Waals surface area contributed by atoms with Crippen molar-refractivity contribution >= 4 is 17.4 Å². The SMILES string of the molecule is C=C/C(C(=O)c1cccc(O)c1)=C(/N)N(N)c1cc(C(=O)NC2CC2)ccc1C. The van der Waals surface area contributed by atoms with Crippen LogP contribution in [-0.4, -0.2) is 22.8 Å². The van der Waals surface area contributed by atoms with E-state index in [1.807, 2.05) is 6.92 Å². The Bertz CT molecular complexity index is 1010. The van der Waals surface area contributed by atoms with E-state index in [2.05, 4.69) is 11.9 Å². The van der Waals surface area contributed by atoms with Gasteiger partial charge in [-0.1, -0.05) is 30.9 Å². The minimum atomic E-state index is -0.427. The van der Waals surface area contributed by atoms with E-state index in [-0.39, 0.29) is 34.7 Å². The molecule has 0 spiro atoms. The summed E-state index contributed by atoms with van der Waals surface area (Å²) < 4.78 is 0. The maximum Gasteiger partial charge on any atom is 0.251 e. The van der Waals surface area contributed by atoms with Crippen LogP contribution in [0.4, 0.5) is 5.69 Å². The Labute approximate surface area is 169 Å². The average Bonchev–Trinajstić information content (AvgIpc) is 3.52. The summed E-state index contributed by atoms with van der Waals surface area (Å²) in [7, 11) is 0. The normalized spacial score (nSPS) is 14.0. The Morgan fingerprint density at radius 3 is 2.55 bits per heavy atom. The van der Waals surface area contributed by atoms with Gasteiger partial charge in [0.1, 0.15) is 11.6 Å². The molecular weight excluding hydrogens is 368 g/mol. The average molecular weight is 392 g/mol. The molecule has 29 heavy (non-hydrogen) atoms. The molecule has 6 N–H and O–H groups in total. The van der Waals surface area contributed by atoms with Gasteiger partial charge in [0.05, 0.1) is 11.3 Å². The molecule has 150 valence electrons. The molecule has 1 amide bonds. The van der Waals surface area contributed by atoms with Crippen molar-refractivity contribution in [2.45, 2.75) is 25.8 Å². The number of nitrogens with one attached hydrogen (secondary N) is 1. The molecule has 0 atom stereocenters. The number of phenolic OH excluding ortho intramolecular Hbond substituents is 1. The van der Waals surface area contributed by atoms with Gasteiger partial charge in [0.25, 0.3) is 5.91 Å². The fourth-order valence-electron chi connectivity index (χ4n) is 2.88. The number of benzene rings is 2. The minimum Gasteiger partial charge on any atom is -0.508 e. The van der Waals surface area contributed by atoms with Crippen LogP contribution in [0.15, 0.2) is 66.5 Å². The minimum absolute atomic E-state index is 0.0174. The summed E-state index contributed by atoms with van der Waals surface area (Å²) in [6.45, 7) is 5.50. The van der Waals surface area contributed by atoms with Crippen LogP contribution in [0.3, 0.4) is 0 Å². The molecule has 0 radical (unpaired) electrons. The summed E-state index contributed by atoms with van der Waals surface area (Å²) in [5.41, 5.74) is 8.27. The summed E-state index contributed by atoms with van der Waals surface area (Å²) >= 11 is 0. The van der Waals surface area contributed by atoms with Gasteiger partial charge in [-0.15, -0.1) is 0 Å². The lowest BCUT2D eigenvalue weighted by Crippen LogP contribution is -2.37. The second kappa shape index (κ2) is 8.20. The molecule has 0 aliphatic heterocycles. The lowest BCUT2D eigenvalue weighted by Gasteiger charge is -2.23. The molecule has 0 aromatic heterocycles. The van der Waals surface area contributed by atoms with E-state index in [1.54, 1.807) is 30.3 Å². The topological polar surface area (TPSA) is 122 Å². The first-order valence-corrected chi connectivity index (χ1v) is 9.24. The number of hydrazine groups is 1. The fraction of sp³-hybridized carbons (Fsp3) is 0.182. The van der Waals surface area contributed by atoms with Gasteiger partial charge in [0.15, 0.2) is 5.78 Å². The molecule has 1 aliphatic carbocycles. The van der Waals surface area contributed by atoms with Gasteiger partial charge in [0.2, 0.25) is 0 Å². The number of aromatic hydroxyl groups is 1. The van der Waals surface area contributed by atoms with Gasteiger partial charge in [-0.25, -0.2) is 5.84 Å². The zero-order valence-corrected chi connectivity index (χ0v) is 16.2. The summed E-state index contributed by atoms with van der Waals surface area (Å²) in [4.78, 5) is 25.2. The molecule has 2 aromatic rings. The van der Waals surface area contributed by atoms with Crippen LogP contribution in [0.25, 0.3) is 0 Å². The Morgan fingerprint density at radius 2 is 1.93 bits per heavy atom. The number of rotatable bonds is 7. The van der Waals surface area contributed by atoms with Crippen LogP contribution in [0, 0.1) is 6.92 Å². The number of anilines is 1. The van der Waals surface area contributed by atoms with Gasteiger partial charge >= 0.3 is 0 Å². The van der Waals surface area contributed by atoms with E-state index in [0.717, 1.165) is 18.4 Å². The van der Waals surface area contributed by atoms with E-state index in [0.29, 0.717) is 11.3 Å². The molecule has 0 saturated heterocycles. The highest BCUT2D eigenvalue weighted by Crippen LogP contribution is 2.25. The zero-order valence-electron chi connectivity index (χ0n) is 16.2. The second-order valence-electron chi connectivity index (χ2n) is 7.00. The van der Waals surface area contributed by atoms with Crippen molar-refractivity contribution in [3.8, 4) is 5.75 Å². The highest BCUT2D eigenvalue weighted by Gasteiger charge is 2.24. The van der Waals surface area contributed by atoms with Crippen molar-refractivity contribution in [1.82, 2.24) is 5.32 Å². The standard InChI is InChI=1S/C22H24N4O3/c1-3-18(20(28)14-5-4-6-17(27)11-14)21(23)26(24)19-12-15(8-7-13(19)2)22(29)25-16-9-10-16/h3-8,11-12,16,27H,1,9-10,23-24H2,2H3,(H,25,29)/b21-18+. The number of amides is 1. The number of hydrogen-bond donors (Lipinski definition) is 4. The van der Waals surface area contributed by atoms with Gasteiger partial charge in [-0.2, -0.15) is 0 Å². The van der Waals surface area contributed by atoms with E-state index < -0.39 is 5.78 Å². The summed E-state index contributed by atoms with van der Waals surface area (Å²) in [6.07, 6.45) is 3.30. The first kappa shape index (κ1) is 20.2. The smallest absolute Gasteiger partial charge is 0.251 e. The Balaban J connectivity index is 1.94. The number of aryl methyl sites for hydroxylation is 1. The molecule has 3 rings (SSSR count). The number of Topliss-reactive ketones (excluding diaryl/α,β-unsaturated/α-hetero) is 1. The molecule has 0 heterocycles. The summed E-state index contributed by atoms with van der Waals surface area (Å²) in [5, 5.41) is 13.7. The predicted octanol–water partition coefficient (Wildman–Crippen LogP) is 2.51. The van der Waals surface area contributed by atoms with Crippen molar-refractivity contribution in [3.63, 3.8) is 0 Å². The van der Waals surface area contributed by atoms with Crippen LogP contribution >= 0.6 is 0 Å². The molecule has 1 aliphatic rings. The summed E-state index contributed by atoms with van der Waals surface area (Å²) in [5.74, 6) is 5.56. The van der Waals surface area contributed by atoms with E-state index in [4.69, 9.17) is 11.6 Å².